The summed E-state index contributed by atoms with van der Waals surface area (Å²) in [5.41, 5.74) is 1.18. The zero-order valence-corrected chi connectivity index (χ0v) is 20.1. The second kappa shape index (κ2) is 9.43. The Morgan fingerprint density at radius 2 is 2.14 bits per heavy atom. The van der Waals surface area contributed by atoms with Crippen LogP contribution in [-0.4, -0.2) is 70.6 Å². The van der Waals surface area contributed by atoms with Gasteiger partial charge in [-0.2, -0.15) is 21.0 Å². The molecule has 0 aromatic carbocycles. The number of nitriles is 1. The zero-order chi connectivity index (χ0) is 25.4. The monoisotopic (exact) mass is 502 g/mol. The number of carbonyl (C=O) groups is 1. The van der Waals surface area contributed by atoms with Gasteiger partial charge in [0.25, 0.3) is 5.91 Å². The third-order valence-electron chi connectivity index (χ3n) is 5.87. The molecule has 0 radical (unpaired) electrons. The van der Waals surface area contributed by atoms with E-state index in [0.717, 1.165) is 0 Å². The molecule has 186 valence electrons. The van der Waals surface area contributed by atoms with Gasteiger partial charge in [-0.1, -0.05) is 0 Å². The summed E-state index contributed by atoms with van der Waals surface area (Å²) in [4.78, 5) is 17.3. The van der Waals surface area contributed by atoms with Crippen LogP contribution in [0.4, 0.5) is 10.1 Å². The summed E-state index contributed by atoms with van der Waals surface area (Å²) in [6.07, 6.45) is 1.64. The van der Waals surface area contributed by atoms with Crippen LogP contribution in [0.15, 0.2) is 36.7 Å². The minimum Gasteiger partial charge on any atom is -0.387 e. The summed E-state index contributed by atoms with van der Waals surface area (Å²) < 4.78 is 35.8. The maximum atomic E-state index is 14.2. The van der Waals surface area contributed by atoms with Crippen LogP contribution in [0.25, 0.3) is 16.9 Å². The first kappa shape index (κ1) is 24.9. The fraction of sp³-hybridized carbons (Fsp3) is 0.391. The molecule has 0 spiro atoms. The molecule has 35 heavy (non-hydrogen) atoms. The molecular weight excluding hydrogens is 475 g/mol. The van der Waals surface area contributed by atoms with Gasteiger partial charge in [0.05, 0.1) is 57.8 Å². The number of nitrogens with one attached hydrogen (secondary N) is 2. The third-order valence-corrected chi connectivity index (χ3v) is 7.70. The van der Waals surface area contributed by atoms with Crippen molar-refractivity contribution in [2.24, 2.45) is 0 Å². The molecule has 1 saturated heterocycles. The number of pyridine rings is 1. The number of aliphatic hydroxyl groups is 1. The van der Waals surface area contributed by atoms with E-state index < -0.39 is 28.3 Å². The minimum atomic E-state index is -2.67. The average molecular weight is 503 g/mol. The van der Waals surface area contributed by atoms with Crippen molar-refractivity contribution in [1.29, 1.82) is 5.26 Å². The van der Waals surface area contributed by atoms with Gasteiger partial charge in [0.2, 0.25) is 0 Å². The lowest BCUT2D eigenvalue weighted by Crippen LogP contribution is -2.42. The molecule has 4 rings (SSSR count). The fourth-order valence-electron chi connectivity index (χ4n) is 3.83. The lowest BCUT2D eigenvalue weighted by Gasteiger charge is -2.26. The van der Waals surface area contributed by atoms with Crippen LogP contribution in [0.3, 0.4) is 0 Å². The minimum absolute atomic E-state index is 0.153. The second-order valence-electron chi connectivity index (χ2n) is 9.16. The van der Waals surface area contributed by atoms with E-state index in [1.54, 1.807) is 28.8 Å². The van der Waals surface area contributed by atoms with Crippen LogP contribution in [0, 0.1) is 11.3 Å². The molecule has 12 heteroatoms. The van der Waals surface area contributed by atoms with Gasteiger partial charge in [0, 0.05) is 18.0 Å². The Bertz CT molecular complexity index is 1300. The number of alkyl halides is 1. The maximum Gasteiger partial charge on any atom is 0.255 e. The van der Waals surface area contributed by atoms with Crippen molar-refractivity contribution in [3.8, 4) is 17.5 Å². The highest BCUT2D eigenvalue weighted by molar-refractivity contribution is 8.24. The van der Waals surface area contributed by atoms with Crippen molar-refractivity contribution >= 4 is 27.7 Å². The number of carbonyl (C=O) groups excluding carboxylic acids is 1. The van der Waals surface area contributed by atoms with E-state index in [-0.39, 0.29) is 29.7 Å². The number of amides is 1. The van der Waals surface area contributed by atoms with Crippen molar-refractivity contribution in [3.63, 3.8) is 0 Å². The Hall–Kier alpha value is -3.24. The quantitative estimate of drug-likeness (QED) is 0.330. The molecule has 2 atom stereocenters. The summed E-state index contributed by atoms with van der Waals surface area (Å²) in [5.74, 6) is -0.156. The maximum absolute atomic E-state index is 14.2. The van der Waals surface area contributed by atoms with Gasteiger partial charge < -0.3 is 15.7 Å². The Balaban J connectivity index is 1.66. The Morgan fingerprint density at radius 1 is 1.37 bits per heavy atom. The van der Waals surface area contributed by atoms with Crippen molar-refractivity contribution < 1.29 is 23.4 Å². The first-order valence-electron chi connectivity index (χ1n) is 11.0. The van der Waals surface area contributed by atoms with Crippen LogP contribution in [0.1, 0.15) is 36.2 Å². The molecule has 0 aliphatic carbocycles. The molecule has 1 aliphatic rings. The van der Waals surface area contributed by atoms with Crippen LogP contribution >= 0.6 is 10.6 Å². The summed E-state index contributed by atoms with van der Waals surface area (Å²) in [6.45, 7) is 2.25. The number of rotatable bonds is 7. The predicted octanol–water partition coefficient (Wildman–Crippen LogP) is 3.04. The molecule has 0 bridgehead atoms. The second-order valence-corrected chi connectivity index (χ2v) is 11.5. The van der Waals surface area contributed by atoms with E-state index >= 15 is 0 Å². The van der Waals surface area contributed by atoms with E-state index in [1.165, 1.54) is 26.2 Å². The molecule has 1 aliphatic heterocycles. The first-order valence-corrected chi connectivity index (χ1v) is 12.9. The van der Waals surface area contributed by atoms with Crippen molar-refractivity contribution in [2.75, 3.05) is 23.4 Å². The summed E-state index contributed by atoms with van der Waals surface area (Å²) in [5, 5.41) is 28.9. The van der Waals surface area contributed by atoms with Gasteiger partial charge in [0.1, 0.15) is 12.2 Å². The highest BCUT2D eigenvalue weighted by atomic mass is 32.3. The highest BCUT2D eigenvalue weighted by Crippen LogP contribution is 2.46. The third kappa shape index (κ3) is 5.54. The van der Waals surface area contributed by atoms with Crippen LogP contribution in [-0.2, 0) is 0 Å². The summed E-state index contributed by atoms with van der Waals surface area (Å²) in [6, 6.07) is 8.71. The molecule has 1 fully saturated rings. The lowest BCUT2D eigenvalue weighted by atomic mass is 10.0. The van der Waals surface area contributed by atoms with E-state index in [1.807, 2.05) is 6.07 Å². The average Bonchev–Trinajstić information content (AvgIpc) is 3.38. The zero-order valence-electron chi connectivity index (χ0n) is 19.3. The molecule has 0 saturated carbocycles. The Labute approximate surface area is 203 Å². The molecule has 3 aromatic heterocycles. The van der Waals surface area contributed by atoms with Crippen LogP contribution in [0.5, 0.6) is 0 Å². The molecule has 1 amide bonds. The summed E-state index contributed by atoms with van der Waals surface area (Å²) >= 11 is 0. The number of halogens is 1. The van der Waals surface area contributed by atoms with Gasteiger partial charge in [0.15, 0.2) is 0 Å². The van der Waals surface area contributed by atoms with Crippen LogP contribution < -0.4 is 10.6 Å². The number of nitrogens with zero attached hydrogens (tertiary/aromatic N) is 4. The largest absolute Gasteiger partial charge is 0.387 e. The van der Waals surface area contributed by atoms with E-state index in [4.69, 9.17) is 5.26 Å². The lowest BCUT2D eigenvalue weighted by molar-refractivity contribution is -0.00177. The van der Waals surface area contributed by atoms with Crippen molar-refractivity contribution in [3.05, 3.63) is 47.8 Å². The van der Waals surface area contributed by atoms with Crippen molar-refractivity contribution in [1.82, 2.24) is 19.9 Å². The standard InChI is InChI=1S/C23H27FN6O4S/c1-23(2,32)21(24)12-27-22(31)17-11-26-19(8-18(17)29-15-5-6-35(33,34)13-15)20-4-3-16-7-14(9-25)10-28-30(16)20/h3-4,7-8,10-11,15,21,32-34H,5-6,12-13H2,1-2H3,(H,26,29)(H,27,31). The molecule has 2 unspecified atom stereocenters. The Kier molecular flexibility index (Phi) is 6.70. The topological polar surface area (TPSA) is 156 Å². The number of fused-ring (bicyclic) bond motifs is 1. The number of hydrogen-bond donors (Lipinski definition) is 5. The predicted molar refractivity (Wildman–Crippen MR) is 131 cm³/mol. The smallest absolute Gasteiger partial charge is 0.255 e. The van der Waals surface area contributed by atoms with E-state index in [2.05, 4.69) is 20.7 Å². The normalized spacial score (nSPS) is 19.2. The SMILES string of the molecule is CC(C)(O)C(F)CNC(=O)c1cnc(-c2ccc3cc(C#N)cnn23)cc1NC1CCS(O)(O)C1. The molecule has 10 nitrogen and oxygen atoms in total. The number of hydrogen-bond acceptors (Lipinski definition) is 8. The molecule has 5 N–H and O–H groups in total. The van der Waals surface area contributed by atoms with Crippen molar-refractivity contribution in [2.45, 2.75) is 38.1 Å². The van der Waals surface area contributed by atoms with Gasteiger partial charge in [-0.3, -0.25) is 18.9 Å². The fourth-order valence-corrected chi connectivity index (χ4v) is 5.55. The van der Waals surface area contributed by atoms with Gasteiger partial charge in [-0.25, -0.2) is 8.91 Å². The van der Waals surface area contributed by atoms with Crippen LogP contribution in [0.2, 0.25) is 0 Å². The number of anilines is 1. The molecule has 3 aromatic rings. The molecular formula is C23H27FN6O4S. The highest BCUT2D eigenvalue weighted by Gasteiger charge is 2.30. The first-order chi connectivity index (χ1) is 16.5. The van der Waals surface area contributed by atoms with Gasteiger partial charge in [-0.05, 0) is 44.5 Å². The molecule has 4 heterocycles. The van der Waals surface area contributed by atoms with E-state index in [9.17, 15) is 23.4 Å². The van der Waals surface area contributed by atoms with Gasteiger partial charge in [-0.15, -0.1) is 0 Å². The van der Waals surface area contributed by atoms with Gasteiger partial charge >= 0.3 is 0 Å². The Morgan fingerprint density at radius 3 is 2.80 bits per heavy atom. The summed E-state index contributed by atoms with van der Waals surface area (Å²) in [7, 11) is -2.67. The van der Waals surface area contributed by atoms with E-state index in [0.29, 0.717) is 34.6 Å². The number of aromatic nitrogens is 3.